The Morgan fingerprint density at radius 1 is 0.955 bits per heavy atom. The zero-order valence-corrected chi connectivity index (χ0v) is 24.6. The molecule has 10 heteroatoms. The number of methoxy groups -OCH3 is 1. The number of nitrogens with one attached hydrogen (secondary N) is 1. The molecule has 1 aromatic heterocycles. The van der Waals surface area contributed by atoms with Crippen LogP contribution in [0.2, 0.25) is 0 Å². The number of hydrogen-bond acceptors (Lipinski definition) is 5. The lowest BCUT2D eigenvalue weighted by Gasteiger charge is -2.23. The number of amides is 2. The van der Waals surface area contributed by atoms with Crippen LogP contribution in [0.25, 0.3) is 16.9 Å². The molecule has 2 heterocycles. The van der Waals surface area contributed by atoms with E-state index in [1.165, 1.54) is 40.9 Å². The van der Waals surface area contributed by atoms with Crippen molar-refractivity contribution >= 4 is 29.4 Å². The lowest BCUT2D eigenvalue weighted by molar-refractivity contribution is -0.123. The van der Waals surface area contributed by atoms with Crippen LogP contribution in [0, 0.1) is 11.6 Å². The summed E-state index contributed by atoms with van der Waals surface area (Å²) in [5.41, 5.74) is 4.17. The van der Waals surface area contributed by atoms with Crippen LogP contribution in [0.1, 0.15) is 21.9 Å². The number of hydrogen-bond donors (Lipinski definition) is 1. The van der Waals surface area contributed by atoms with Crippen molar-refractivity contribution in [1.82, 2.24) is 15.1 Å². The molecule has 0 spiro atoms. The summed E-state index contributed by atoms with van der Waals surface area (Å²) < 4.78 is 34.9. The molecule has 0 fully saturated rings. The van der Waals surface area contributed by atoms with E-state index in [9.17, 15) is 18.4 Å². The molecule has 0 bridgehead atoms. The van der Waals surface area contributed by atoms with Crippen LogP contribution < -0.4 is 15.0 Å². The third-order valence-corrected chi connectivity index (χ3v) is 8.56. The number of thioether (sulfide) groups is 1. The summed E-state index contributed by atoms with van der Waals surface area (Å²) in [5.74, 6) is -0.312. The molecule has 0 saturated carbocycles. The van der Waals surface area contributed by atoms with Gasteiger partial charge in [0.15, 0.2) is 0 Å². The summed E-state index contributed by atoms with van der Waals surface area (Å²) in [4.78, 5) is 28.6. The van der Waals surface area contributed by atoms with Crippen LogP contribution in [0.5, 0.6) is 5.75 Å². The molecule has 7 nitrogen and oxygen atoms in total. The van der Waals surface area contributed by atoms with E-state index < -0.39 is 11.2 Å². The van der Waals surface area contributed by atoms with Gasteiger partial charge in [0.2, 0.25) is 11.8 Å². The largest absolute Gasteiger partial charge is 0.497 e. The molecule has 6 rings (SSSR count). The Hall–Kier alpha value is -4.96. The fraction of sp³-hybridized carbons (Fsp3) is 0.147. The quantitative estimate of drug-likeness (QED) is 0.223. The van der Waals surface area contributed by atoms with Gasteiger partial charge >= 0.3 is 0 Å². The maximum atomic E-state index is 14.5. The van der Waals surface area contributed by atoms with E-state index in [2.05, 4.69) is 5.32 Å². The highest BCUT2D eigenvalue weighted by Crippen LogP contribution is 2.48. The van der Waals surface area contributed by atoms with E-state index in [1.807, 2.05) is 48.5 Å². The maximum absolute atomic E-state index is 14.5. The molecule has 1 atom stereocenters. The number of carbonyl (C=O) groups excluding carboxylic acids is 2. The summed E-state index contributed by atoms with van der Waals surface area (Å²) in [7, 11) is 1.58. The van der Waals surface area contributed by atoms with E-state index in [0.717, 1.165) is 11.1 Å². The molecule has 1 aliphatic heterocycles. The molecule has 4 aromatic carbocycles. The number of ether oxygens (including phenoxy) is 1. The average molecular weight is 611 g/mol. The number of benzene rings is 4. The Kier molecular flexibility index (Phi) is 8.42. The van der Waals surface area contributed by atoms with Gasteiger partial charge in [0.1, 0.15) is 29.7 Å². The predicted octanol–water partition coefficient (Wildman–Crippen LogP) is 6.31. The average Bonchev–Trinajstić information content (AvgIpc) is 3.37. The maximum Gasteiger partial charge on any atom is 0.240 e. The molecule has 44 heavy (non-hydrogen) atoms. The van der Waals surface area contributed by atoms with Gasteiger partial charge in [-0.15, -0.1) is 11.8 Å². The first-order chi connectivity index (χ1) is 21.4. The standard InChI is InChI=1S/C34H28F2N4O3S/c1-43-28-16-14-27(15-17-28)40-34-31(32(38-40)23-6-3-2-4-7-23)33(24-8-5-9-26(36)18-24)44-21-30(42)39(34)20-29(41)37-19-22-10-12-25(35)13-11-22/h2-18,33H,19-21H2,1H3,(H,37,41)/t33-/m1/s1. The normalized spacial score (nSPS) is 14.6. The summed E-state index contributed by atoms with van der Waals surface area (Å²) in [5, 5.41) is 7.41. The predicted molar refractivity (Wildman–Crippen MR) is 167 cm³/mol. The third-order valence-electron chi connectivity index (χ3n) is 7.31. The van der Waals surface area contributed by atoms with Crippen molar-refractivity contribution in [2.75, 3.05) is 24.3 Å². The van der Waals surface area contributed by atoms with Crippen LogP contribution in [0.4, 0.5) is 14.6 Å². The number of fused-ring (bicyclic) bond motifs is 1. The van der Waals surface area contributed by atoms with E-state index in [0.29, 0.717) is 34.1 Å². The van der Waals surface area contributed by atoms with Crippen LogP contribution in [0.15, 0.2) is 103 Å². The van der Waals surface area contributed by atoms with Crippen LogP contribution >= 0.6 is 11.8 Å². The molecule has 5 aromatic rings. The Balaban J connectivity index is 1.50. The van der Waals surface area contributed by atoms with Gasteiger partial charge in [-0.05, 0) is 59.7 Å². The topological polar surface area (TPSA) is 76.5 Å². The Morgan fingerprint density at radius 2 is 1.70 bits per heavy atom. The molecule has 1 aliphatic rings. The van der Waals surface area contributed by atoms with Gasteiger partial charge in [-0.1, -0.05) is 54.6 Å². The van der Waals surface area contributed by atoms with E-state index >= 15 is 0 Å². The highest BCUT2D eigenvalue weighted by molar-refractivity contribution is 8.00. The van der Waals surface area contributed by atoms with E-state index in [1.54, 1.807) is 42.1 Å². The van der Waals surface area contributed by atoms with Crippen LogP contribution in [0.3, 0.4) is 0 Å². The molecule has 1 N–H and O–H groups in total. The first-order valence-corrected chi connectivity index (χ1v) is 15.0. The summed E-state index contributed by atoms with van der Waals surface area (Å²) >= 11 is 1.36. The zero-order chi connectivity index (χ0) is 30.6. The minimum absolute atomic E-state index is 0.0535. The van der Waals surface area contributed by atoms with Crippen LogP contribution in [-0.2, 0) is 16.1 Å². The molecule has 0 saturated heterocycles. The molecule has 0 radical (unpaired) electrons. The highest BCUT2D eigenvalue weighted by Gasteiger charge is 2.37. The summed E-state index contributed by atoms with van der Waals surface area (Å²) in [6.45, 7) is -0.110. The number of halogens is 2. The fourth-order valence-corrected chi connectivity index (χ4v) is 6.35. The minimum Gasteiger partial charge on any atom is -0.497 e. The second kappa shape index (κ2) is 12.7. The number of carbonyl (C=O) groups is 2. The van der Waals surface area contributed by atoms with Crippen molar-refractivity contribution < 1.29 is 23.1 Å². The molecule has 2 amide bonds. The number of aromatic nitrogens is 2. The number of anilines is 1. The smallest absolute Gasteiger partial charge is 0.240 e. The first-order valence-electron chi connectivity index (χ1n) is 13.9. The fourth-order valence-electron chi connectivity index (χ4n) is 5.17. The number of rotatable bonds is 8. The van der Waals surface area contributed by atoms with Crippen LogP contribution in [-0.4, -0.2) is 41.0 Å². The van der Waals surface area contributed by atoms with Crippen molar-refractivity contribution in [2.45, 2.75) is 11.8 Å². The zero-order valence-electron chi connectivity index (χ0n) is 23.7. The lowest BCUT2D eigenvalue weighted by atomic mass is 9.99. The van der Waals surface area contributed by atoms with Gasteiger partial charge in [-0.2, -0.15) is 5.10 Å². The van der Waals surface area contributed by atoms with Gasteiger partial charge in [-0.25, -0.2) is 13.5 Å². The van der Waals surface area contributed by atoms with Crippen molar-refractivity contribution in [3.8, 4) is 22.7 Å². The van der Waals surface area contributed by atoms with Gasteiger partial charge in [0.25, 0.3) is 0 Å². The minimum atomic E-state index is -0.459. The second-order valence-electron chi connectivity index (χ2n) is 10.2. The Morgan fingerprint density at radius 3 is 2.41 bits per heavy atom. The van der Waals surface area contributed by atoms with Gasteiger partial charge in [-0.3, -0.25) is 14.5 Å². The van der Waals surface area contributed by atoms with Crippen molar-refractivity contribution in [3.63, 3.8) is 0 Å². The second-order valence-corrected chi connectivity index (χ2v) is 11.3. The summed E-state index contributed by atoms with van der Waals surface area (Å²) in [6, 6.07) is 29.0. The van der Waals surface area contributed by atoms with E-state index in [4.69, 9.17) is 9.84 Å². The molecule has 0 unspecified atom stereocenters. The Bertz CT molecular complexity index is 1790. The highest BCUT2D eigenvalue weighted by atomic mass is 32.2. The SMILES string of the molecule is COc1ccc(-n2nc(-c3ccccc3)c3c2N(CC(=O)NCc2ccc(F)cc2)C(=O)CS[C@@H]3c2cccc(F)c2)cc1. The monoisotopic (exact) mass is 610 g/mol. The molecular formula is C34H28F2N4O3S. The summed E-state index contributed by atoms with van der Waals surface area (Å²) in [6.07, 6.45) is 0. The number of nitrogens with zero attached hydrogens (tertiary/aromatic N) is 3. The third kappa shape index (κ3) is 6.07. The van der Waals surface area contributed by atoms with Crippen molar-refractivity contribution in [1.29, 1.82) is 0 Å². The van der Waals surface area contributed by atoms with Gasteiger partial charge in [0, 0.05) is 17.7 Å². The van der Waals surface area contributed by atoms with Crippen molar-refractivity contribution in [3.05, 3.63) is 131 Å². The Labute approximate surface area is 257 Å². The van der Waals surface area contributed by atoms with Gasteiger partial charge in [0.05, 0.1) is 29.5 Å². The van der Waals surface area contributed by atoms with Gasteiger partial charge < -0.3 is 10.1 Å². The molecule has 222 valence electrons. The lowest BCUT2D eigenvalue weighted by Crippen LogP contribution is -2.42. The van der Waals surface area contributed by atoms with E-state index in [-0.39, 0.29) is 36.4 Å². The first kappa shape index (κ1) is 29.1. The molecular weight excluding hydrogens is 582 g/mol. The van der Waals surface area contributed by atoms with Crippen molar-refractivity contribution in [2.24, 2.45) is 0 Å². The molecule has 0 aliphatic carbocycles.